The molecule has 0 heterocycles. The molecule has 0 fully saturated rings. The van der Waals surface area contributed by atoms with E-state index >= 15 is 0 Å². The Kier molecular flexibility index (Phi) is 3.90. The van der Waals surface area contributed by atoms with Crippen LogP contribution in [0.5, 0.6) is 0 Å². The van der Waals surface area contributed by atoms with Crippen LogP contribution in [0.3, 0.4) is 0 Å². The molecule has 0 aliphatic carbocycles. The molecule has 1 aromatic carbocycles. The number of rotatable bonds is 4. The van der Waals surface area contributed by atoms with Crippen LogP contribution in [0.2, 0.25) is 0 Å². The Morgan fingerprint density at radius 2 is 2.19 bits per heavy atom. The van der Waals surface area contributed by atoms with Gasteiger partial charge in [-0.25, -0.2) is 9.00 Å². The molecular weight excluding hydrogens is 234 g/mol. The Balaban J connectivity index is 2.96. The van der Waals surface area contributed by atoms with Gasteiger partial charge in [0.1, 0.15) is 0 Å². The number of nitro benzene ring substituents is 1. The van der Waals surface area contributed by atoms with E-state index in [0.717, 1.165) is 17.6 Å². The molecule has 1 N–H and O–H groups in total. The molecule has 0 aliphatic heterocycles. The van der Waals surface area contributed by atoms with Crippen LogP contribution in [0.4, 0.5) is 5.69 Å². The third-order valence-electron chi connectivity index (χ3n) is 1.59. The fraction of sp³-hybridized carbons (Fsp3) is 0. The summed E-state index contributed by atoms with van der Waals surface area (Å²) in [5, 5.41) is 19.7. The average Bonchev–Trinajstić information content (AvgIpc) is 2.26. The summed E-state index contributed by atoms with van der Waals surface area (Å²) < 4.78 is 11.5. The first-order valence-corrected chi connectivity index (χ1v) is 5.28. The molecule has 6 nitrogen and oxygen atoms in total. The van der Waals surface area contributed by atoms with E-state index in [-0.39, 0.29) is 10.6 Å². The van der Waals surface area contributed by atoms with Crippen LogP contribution in [0.1, 0.15) is 0 Å². The molecule has 0 spiro atoms. The van der Waals surface area contributed by atoms with Gasteiger partial charge >= 0.3 is 5.97 Å². The van der Waals surface area contributed by atoms with E-state index in [1.807, 2.05) is 0 Å². The summed E-state index contributed by atoms with van der Waals surface area (Å²) in [4.78, 5) is 20.2. The van der Waals surface area contributed by atoms with E-state index in [1.54, 1.807) is 0 Å². The summed E-state index contributed by atoms with van der Waals surface area (Å²) in [6.45, 7) is 0. The summed E-state index contributed by atoms with van der Waals surface area (Å²) in [7, 11) is -1.70. The predicted molar refractivity (Wildman–Crippen MR) is 56.3 cm³/mol. The van der Waals surface area contributed by atoms with Crippen molar-refractivity contribution in [2.45, 2.75) is 4.90 Å². The Hall–Kier alpha value is -2.02. The fourth-order valence-corrected chi connectivity index (χ4v) is 1.77. The number of carboxylic acid groups (broad SMARTS) is 1. The number of hydrogen-bond acceptors (Lipinski definition) is 4. The molecule has 0 radical (unpaired) electrons. The van der Waals surface area contributed by atoms with E-state index in [9.17, 15) is 19.1 Å². The van der Waals surface area contributed by atoms with Gasteiger partial charge in [0.2, 0.25) is 0 Å². The highest BCUT2D eigenvalue weighted by Gasteiger charge is 2.08. The number of nitrogens with zero attached hydrogens (tertiary/aromatic N) is 1. The Morgan fingerprint density at radius 3 is 2.75 bits per heavy atom. The van der Waals surface area contributed by atoms with Crippen LogP contribution in [0.15, 0.2) is 40.6 Å². The zero-order valence-electron chi connectivity index (χ0n) is 7.90. The van der Waals surface area contributed by atoms with E-state index in [0.29, 0.717) is 0 Å². The molecule has 84 valence electrons. The molecule has 0 saturated heterocycles. The van der Waals surface area contributed by atoms with Crippen molar-refractivity contribution in [1.82, 2.24) is 0 Å². The molecule has 0 saturated carbocycles. The lowest BCUT2D eigenvalue weighted by molar-refractivity contribution is -0.385. The molecule has 0 aromatic heterocycles. The van der Waals surface area contributed by atoms with Crippen LogP contribution in [0, 0.1) is 10.1 Å². The monoisotopic (exact) mass is 241 g/mol. The van der Waals surface area contributed by atoms with Gasteiger partial charge in [-0.1, -0.05) is 6.07 Å². The molecule has 1 aromatic rings. The Morgan fingerprint density at radius 1 is 1.50 bits per heavy atom. The van der Waals surface area contributed by atoms with Crippen molar-refractivity contribution in [2.24, 2.45) is 0 Å². The largest absolute Gasteiger partial charge is 0.478 e. The Labute approximate surface area is 92.8 Å². The average molecular weight is 241 g/mol. The van der Waals surface area contributed by atoms with Crippen LogP contribution in [-0.2, 0) is 15.6 Å². The third-order valence-corrected chi connectivity index (χ3v) is 2.70. The maximum absolute atomic E-state index is 11.5. The maximum atomic E-state index is 11.5. The number of benzene rings is 1. The minimum Gasteiger partial charge on any atom is -0.478 e. The van der Waals surface area contributed by atoms with E-state index in [2.05, 4.69) is 0 Å². The van der Waals surface area contributed by atoms with Gasteiger partial charge in [0, 0.05) is 28.5 Å². The lowest BCUT2D eigenvalue weighted by atomic mass is 10.3. The van der Waals surface area contributed by atoms with Gasteiger partial charge in [0.25, 0.3) is 5.69 Å². The molecule has 7 heteroatoms. The summed E-state index contributed by atoms with van der Waals surface area (Å²) in [5.41, 5.74) is -0.186. The molecule has 1 rings (SSSR count). The van der Waals surface area contributed by atoms with Crippen LogP contribution in [-0.4, -0.2) is 20.2 Å². The van der Waals surface area contributed by atoms with Crippen molar-refractivity contribution in [3.05, 3.63) is 45.9 Å². The summed E-state index contributed by atoms with van der Waals surface area (Å²) in [6.07, 6.45) is 0.731. The zero-order valence-corrected chi connectivity index (χ0v) is 8.72. The highest BCUT2D eigenvalue weighted by molar-refractivity contribution is 7.88. The minimum absolute atomic E-state index is 0.186. The minimum atomic E-state index is -1.70. The maximum Gasteiger partial charge on any atom is 0.328 e. The SMILES string of the molecule is O=C(O)/C=C\S(=O)c1cccc([N+](=O)[O-])c1. The van der Waals surface area contributed by atoms with E-state index < -0.39 is 21.7 Å². The van der Waals surface area contributed by atoms with Crippen molar-refractivity contribution in [2.75, 3.05) is 0 Å². The first-order valence-electron chi connectivity index (χ1n) is 4.07. The lowest BCUT2D eigenvalue weighted by Crippen LogP contribution is -1.93. The highest BCUT2D eigenvalue weighted by Crippen LogP contribution is 2.16. The molecule has 1 atom stereocenters. The summed E-state index contributed by atoms with van der Waals surface area (Å²) in [6, 6.07) is 5.22. The van der Waals surface area contributed by atoms with Gasteiger partial charge in [-0.2, -0.15) is 0 Å². The highest BCUT2D eigenvalue weighted by atomic mass is 32.2. The van der Waals surface area contributed by atoms with Crippen LogP contribution >= 0.6 is 0 Å². The van der Waals surface area contributed by atoms with Crippen molar-refractivity contribution in [1.29, 1.82) is 0 Å². The van der Waals surface area contributed by atoms with Crippen LogP contribution < -0.4 is 0 Å². The molecule has 0 bridgehead atoms. The third kappa shape index (κ3) is 3.28. The Bertz CT molecular complexity index is 483. The van der Waals surface area contributed by atoms with Crippen molar-refractivity contribution < 1.29 is 19.0 Å². The van der Waals surface area contributed by atoms with E-state index in [1.165, 1.54) is 18.2 Å². The zero-order chi connectivity index (χ0) is 12.1. The smallest absolute Gasteiger partial charge is 0.328 e. The van der Waals surface area contributed by atoms with Crippen molar-refractivity contribution in [3.63, 3.8) is 0 Å². The fourth-order valence-electron chi connectivity index (χ4n) is 0.921. The molecule has 16 heavy (non-hydrogen) atoms. The first-order chi connectivity index (χ1) is 7.50. The molecular formula is C9H7NO5S. The number of nitro groups is 1. The molecule has 0 aliphatic rings. The first kappa shape index (κ1) is 12.1. The number of hydrogen-bond donors (Lipinski definition) is 1. The standard InChI is InChI=1S/C9H7NO5S/c11-9(12)4-5-16(15)8-3-1-2-7(6-8)10(13)14/h1-6H,(H,11,12)/b5-4-. The quantitative estimate of drug-likeness (QED) is 0.486. The van der Waals surface area contributed by atoms with E-state index in [4.69, 9.17) is 5.11 Å². The normalized spacial score (nSPS) is 12.5. The van der Waals surface area contributed by atoms with Gasteiger partial charge in [0.15, 0.2) is 0 Å². The van der Waals surface area contributed by atoms with Crippen LogP contribution in [0.25, 0.3) is 0 Å². The second-order valence-electron chi connectivity index (χ2n) is 2.69. The predicted octanol–water partition coefficient (Wildman–Crippen LogP) is 1.30. The molecule has 0 amide bonds. The summed E-state index contributed by atoms with van der Waals surface area (Å²) >= 11 is 0. The van der Waals surface area contributed by atoms with Gasteiger partial charge < -0.3 is 5.11 Å². The lowest BCUT2D eigenvalue weighted by Gasteiger charge is -1.96. The second kappa shape index (κ2) is 5.17. The molecule has 1 unspecified atom stereocenters. The van der Waals surface area contributed by atoms with Gasteiger partial charge in [-0.15, -0.1) is 0 Å². The van der Waals surface area contributed by atoms with Gasteiger partial charge in [-0.3, -0.25) is 10.1 Å². The van der Waals surface area contributed by atoms with Gasteiger partial charge in [0.05, 0.1) is 15.7 Å². The second-order valence-corrected chi connectivity index (χ2v) is 4.03. The van der Waals surface area contributed by atoms with Gasteiger partial charge in [-0.05, 0) is 6.07 Å². The topological polar surface area (TPSA) is 97.5 Å². The summed E-state index contributed by atoms with van der Waals surface area (Å²) in [5.74, 6) is -1.22. The van der Waals surface area contributed by atoms with Crippen molar-refractivity contribution >= 4 is 22.5 Å². The number of carboxylic acids is 1. The number of aliphatic carboxylic acids is 1. The number of carbonyl (C=O) groups is 1. The van der Waals surface area contributed by atoms with Crippen molar-refractivity contribution in [3.8, 4) is 0 Å². The number of non-ortho nitro benzene ring substituents is 1.